The van der Waals surface area contributed by atoms with E-state index in [-0.39, 0.29) is 0 Å². The lowest BCUT2D eigenvalue weighted by atomic mass is 9.79. The first-order valence-electron chi connectivity index (χ1n) is 10.8. The highest BCUT2D eigenvalue weighted by Crippen LogP contribution is 2.40. The highest BCUT2D eigenvalue weighted by atomic mass is 32.2. The van der Waals surface area contributed by atoms with Crippen LogP contribution < -0.4 is 16.3 Å². The zero-order valence-electron chi connectivity index (χ0n) is 17.6. The number of benzene rings is 1. The number of H-pyrrole nitrogens is 1. The van der Waals surface area contributed by atoms with E-state index in [2.05, 4.69) is 32.3 Å². The fraction of sp³-hybridized carbons (Fsp3) is 0.409. The van der Waals surface area contributed by atoms with Crippen molar-refractivity contribution in [2.45, 2.75) is 37.1 Å². The second-order valence-electron chi connectivity index (χ2n) is 8.62. The highest BCUT2D eigenvalue weighted by molar-refractivity contribution is 7.90. The van der Waals surface area contributed by atoms with Gasteiger partial charge < -0.3 is 15.7 Å². The normalized spacial score (nSPS) is 22.9. The van der Waals surface area contributed by atoms with Gasteiger partial charge in [-0.2, -0.15) is 0 Å². The largest absolute Gasteiger partial charge is 0.346 e. The third kappa shape index (κ3) is 4.13. The Hall–Kier alpha value is -2.62. The quantitative estimate of drug-likeness (QED) is 0.551. The maximum absolute atomic E-state index is 11.6. The first kappa shape index (κ1) is 20.3. The second-order valence-corrected chi connectivity index (χ2v) is 10.6. The first-order valence-corrected chi connectivity index (χ1v) is 12.6. The monoisotopic (exact) mass is 440 g/mol. The van der Waals surface area contributed by atoms with Crippen molar-refractivity contribution in [3.05, 3.63) is 53.4 Å². The van der Waals surface area contributed by atoms with Crippen molar-refractivity contribution in [3.63, 3.8) is 0 Å². The number of hydrogen-bond donors (Lipinski definition) is 4. The van der Waals surface area contributed by atoms with Crippen LogP contribution in [-0.4, -0.2) is 37.5 Å². The van der Waals surface area contributed by atoms with Gasteiger partial charge in [0.15, 0.2) is 9.84 Å². The molecule has 4 N–H and O–H groups in total. The van der Waals surface area contributed by atoms with Gasteiger partial charge >= 0.3 is 0 Å². The van der Waals surface area contributed by atoms with Gasteiger partial charge in [-0.3, -0.25) is 0 Å². The highest BCUT2D eigenvalue weighted by Gasteiger charge is 2.33. The summed E-state index contributed by atoms with van der Waals surface area (Å²) >= 11 is 0. The van der Waals surface area contributed by atoms with Gasteiger partial charge in [-0.25, -0.2) is 18.4 Å². The van der Waals surface area contributed by atoms with E-state index in [1.807, 2.05) is 29.7 Å². The summed E-state index contributed by atoms with van der Waals surface area (Å²) in [6.45, 7) is 1.74. The van der Waals surface area contributed by atoms with Crippen molar-refractivity contribution in [1.82, 2.24) is 26.3 Å². The van der Waals surface area contributed by atoms with Crippen LogP contribution in [0.3, 0.4) is 0 Å². The number of sulfone groups is 1. The minimum Gasteiger partial charge on any atom is -0.346 e. The van der Waals surface area contributed by atoms with E-state index in [1.165, 1.54) is 30.5 Å². The van der Waals surface area contributed by atoms with E-state index in [9.17, 15) is 8.42 Å². The fourth-order valence-corrected chi connectivity index (χ4v) is 5.36. The van der Waals surface area contributed by atoms with Crippen LogP contribution in [0.15, 0.2) is 52.1 Å². The Balaban J connectivity index is 1.14. The lowest BCUT2D eigenvalue weighted by molar-refractivity contribution is 0.282. The molecule has 2 aliphatic heterocycles. The van der Waals surface area contributed by atoms with Crippen LogP contribution in [-0.2, 0) is 16.4 Å². The van der Waals surface area contributed by atoms with Crippen molar-refractivity contribution in [3.8, 4) is 0 Å². The lowest BCUT2D eigenvalue weighted by Crippen LogP contribution is -2.38. The Kier molecular flexibility index (Phi) is 5.33. The second kappa shape index (κ2) is 8.14. The van der Waals surface area contributed by atoms with Crippen LogP contribution in [0, 0.1) is 11.8 Å². The summed E-state index contributed by atoms with van der Waals surface area (Å²) in [4.78, 5) is 8.00. The third-order valence-corrected chi connectivity index (χ3v) is 7.59. The van der Waals surface area contributed by atoms with E-state index in [4.69, 9.17) is 0 Å². The molecule has 1 aromatic carbocycles. The Morgan fingerprint density at radius 3 is 2.65 bits per heavy atom. The predicted octanol–water partition coefficient (Wildman–Crippen LogP) is 2.68. The van der Waals surface area contributed by atoms with Crippen molar-refractivity contribution in [2.24, 2.45) is 16.8 Å². The first-order chi connectivity index (χ1) is 15.0. The van der Waals surface area contributed by atoms with Crippen molar-refractivity contribution in [2.75, 3.05) is 12.8 Å². The molecule has 1 aromatic heterocycles. The summed E-state index contributed by atoms with van der Waals surface area (Å²) in [5.74, 6) is 2.09. The molecule has 5 rings (SSSR count). The molecular formula is C22H28N6O2S. The number of nitrogens with one attached hydrogen (secondary N) is 4. The van der Waals surface area contributed by atoms with E-state index in [0.29, 0.717) is 16.7 Å². The molecule has 0 unspecified atom stereocenters. The number of aromatic nitrogens is 1. The molecule has 2 aromatic rings. The van der Waals surface area contributed by atoms with E-state index in [1.54, 1.807) is 12.1 Å². The predicted molar refractivity (Wildman–Crippen MR) is 121 cm³/mol. The summed E-state index contributed by atoms with van der Waals surface area (Å²) < 4.78 is 23.1. The minimum atomic E-state index is -3.14. The minimum absolute atomic E-state index is 0.370. The number of nitrogens with zero attached hydrogens (tertiary/aromatic N) is 2. The van der Waals surface area contributed by atoms with E-state index in [0.717, 1.165) is 42.9 Å². The Morgan fingerprint density at radius 2 is 1.90 bits per heavy atom. The smallest absolute Gasteiger partial charge is 0.175 e. The average molecular weight is 441 g/mol. The molecule has 1 fully saturated rings. The van der Waals surface area contributed by atoms with Crippen LogP contribution in [0.2, 0.25) is 0 Å². The maximum atomic E-state index is 11.6. The zero-order valence-corrected chi connectivity index (χ0v) is 18.4. The summed E-state index contributed by atoms with van der Waals surface area (Å²) in [7, 11) is -3.14. The van der Waals surface area contributed by atoms with Gasteiger partial charge in [0.2, 0.25) is 0 Å². The molecule has 0 atom stereocenters. The molecular weight excluding hydrogens is 412 g/mol. The molecule has 0 spiro atoms. The number of allylic oxidation sites excluding steroid dienone is 1. The van der Waals surface area contributed by atoms with Crippen molar-refractivity contribution in [1.29, 1.82) is 0 Å². The molecule has 8 nitrogen and oxygen atoms in total. The van der Waals surface area contributed by atoms with Gasteiger partial charge in [-0.15, -0.1) is 5.53 Å². The molecule has 0 saturated heterocycles. The molecule has 1 saturated carbocycles. The standard InChI is InChI=1S/C22H28N6O2S/c1-31(29,30)18-8-4-16(5-9-18)13-23-12-15-2-6-17(7-3-15)20-21-19-10-11-24-22(19)25-14-28(21)27-26-20/h4-5,8-11,14-15,17,23-24,26-27H,2-3,6-7,12-13H2,1H3. The molecule has 31 heavy (non-hydrogen) atoms. The maximum Gasteiger partial charge on any atom is 0.175 e. The molecule has 9 heteroatoms. The van der Waals surface area contributed by atoms with Crippen LogP contribution in [0.25, 0.3) is 5.70 Å². The fourth-order valence-electron chi connectivity index (χ4n) is 4.73. The van der Waals surface area contributed by atoms with E-state index >= 15 is 0 Å². The number of aliphatic imine (C=N–C) groups is 1. The molecule has 164 valence electrons. The van der Waals surface area contributed by atoms with Gasteiger partial charge in [0.25, 0.3) is 0 Å². The number of fused-ring (bicyclic) bond motifs is 3. The van der Waals surface area contributed by atoms with Gasteiger partial charge in [-0.05, 0) is 61.9 Å². The van der Waals surface area contributed by atoms with Gasteiger partial charge in [0, 0.05) is 30.5 Å². The van der Waals surface area contributed by atoms with Gasteiger partial charge in [0.05, 0.1) is 16.3 Å². The topological polar surface area (TPSA) is 102 Å². The molecule has 1 aliphatic carbocycles. The Morgan fingerprint density at radius 1 is 1.13 bits per heavy atom. The molecule has 3 aliphatic rings. The summed E-state index contributed by atoms with van der Waals surface area (Å²) in [5.41, 5.74) is 11.3. The Bertz CT molecular complexity index is 1110. The Labute approximate surface area is 182 Å². The van der Waals surface area contributed by atoms with Crippen LogP contribution in [0.5, 0.6) is 0 Å². The molecule has 3 heterocycles. The summed E-state index contributed by atoms with van der Waals surface area (Å²) in [6.07, 6.45) is 9.69. The molecule has 0 radical (unpaired) electrons. The van der Waals surface area contributed by atoms with Crippen molar-refractivity contribution < 1.29 is 8.42 Å². The summed E-state index contributed by atoms with van der Waals surface area (Å²) in [6, 6.07) is 9.23. The molecule has 0 amide bonds. The zero-order chi connectivity index (χ0) is 21.4. The lowest BCUT2D eigenvalue weighted by Gasteiger charge is -2.29. The number of hydrazine groups is 2. The van der Waals surface area contributed by atoms with Crippen LogP contribution >= 0.6 is 0 Å². The van der Waals surface area contributed by atoms with Crippen LogP contribution in [0.1, 0.15) is 36.8 Å². The van der Waals surface area contributed by atoms with Crippen LogP contribution in [0.4, 0.5) is 5.82 Å². The summed E-state index contributed by atoms with van der Waals surface area (Å²) in [5, 5.41) is 5.52. The van der Waals surface area contributed by atoms with E-state index < -0.39 is 9.84 Å². The average Bonchev–Trinajstić information content (AvgIpc) is 3.40. The molecule has 0 bridgehead atoms. The van der Waals surface area contributed by atoms with Gasteiger partial charge in [-0.1, -0.05) is 12.1 Å². The SMILES string of the molecule is CS(=O)(=O)c1ccc(CNCC2CCC(C3=C4c5cc[nH]c5N=CN4NN3)CC2)cc1. The number of hydrogen-bond acceptors (Lipinski definition) is 7. The van der Waals surface area contributed by atoms with Gasteiger partial charge in [0.1, 0.15) is 12.2 Å². The number of aromatic amines is 1. The number of rotatable bonds is 6. The van der Waals surface area contributed by atoms with Crippen molar-refractivity contribution >= 4 is 27.7 Å². The third-order valence-electron chi connectivity index (χ3n) is 6.46.